The molecule has 1 saturated carbocycles. The fourth-order valence-corrected chi connectivity index (χ4v) is 7.80. The summed E-state index contributed by atoms with van der Waals surface area (Å²) >= 11 is 3.86. The highest BCUT2D eigenvalue weighted by Crippen LogP contribution is 2.58. The number of thioether (sulfide) groups is 2. The van der Waals surface area contributed by atoms with Crippen LogP contribution in [0.2, 0.25) is 0 Å². The van der Waals surface area contributed by atoms with Crippen LogP contribution in [0.1, 0.15) is 36.1 Å². The number of nitrogens with zero attached hydrogens (tertiary/aromatic N) is 1. The third-order valence-electron chi connectivity index (χ3n) is 7.34. The molecule has 1 fully saturated rings. The number of aliphatic hydroxyl groups is 1. The van der Waals surface area contributed by atoms with Gasteiger partial charge in [-0.1, -0.05) is 30.3 Å². The minimum absolute atomic E-state index is 0.0682. The van der Waals surface area contributed by atoms with Gasteiger partial charge in [-0.05, 0) is 81.1 Å². The smallest absolute Gasteiger partial charge is 0.0938 e. The first kappa shape index (κ1) is 21.4. The van der Waals surface area contributed by atoms with Crippen LogP contribution in [0.25, 0.3) is 10.9 Å². The van der Waals surface area contributed by atoms with Crippen LogP contribution in [-0.2, 0) is 16.8 Å². The average Bonchev–Trinajstić information content (AvgIpc) is 3.17. The van der Waals surface area contributed by atoms with Crippen LogP contribution >= 0.6 is 23.5 Å². The van der Waals surface area contributed by atoms with E-state index >= 15 is 0 Å². The number of aryl methyl sites for hydroxylation is 1. The Bertz CT molecular complexity index is 1080. The molecule has 2 N–H and O–H groups in total. The van der Waals surface area contributed by atoms with Crippen LogP contribution in [0.15, 0.2) is 53.4 Å². The van der Waals surface area contributed by atoms with E-state index in [1.165, 1.54) is 27.1 Å². The molecule has 2 aromatic carbocycles. The molecule has 0 radical (unpaired) electrons. The maximum Gasteiger partial charge on any atom is 0.0938 e. The van der Waals surface area contributed by atoms with Crippen molar-refractivity contribution in [2.24, 2.45) is 5.92 Å². The lowest BCUT2D eigenvalue weighted by molar-refractivity contribution is -0.0713. The SMILES string of the molecule is CSc1ccc(C2(O)CCC3(CC2CN(C)C)SCCc2c3[nH]c3ccccc23)cc1. The summed E-state index contributed by atoms with van der Waals surface area (Å²) in [6, 6.07) is 17.3. The molecule has 0 bridgehead atoms. The fraction of sp³-hybridized carbons (Fsp3) is 0.462. The first-order valence-corrected chi connectivity index (χ1v) is 13.4. The van der Waals surface area contributed by atoms with E-state index in [2.05, 4.69) is 90.5 Å². The molecule has 164 valence electrons. The largest absolute Gasteiger partial charge is 0.385 e. The third-order valence-corrected chi connectivity index (χ3v) is 9.62. The summed E-state index contributed by atoms with van der Waals surface area (Å²) in [5.41, 5.74) is 4.48. The Morgan fingerprint density at radius 2 is 1.90 bits per heavy atom. The van der Waals surface area contributed by atoms with Crippen molar-refractivity contribution < 1.29 is 5.11 Å². The van der Waals surface area contributed by atoms with E-state index in [1.54, 1.807) is 11.8 Å². The Kier molecular flexibility index (Phi) is 5.66. The van der Waals surface area contributed by atoms with Crippen molar-refractivity contribution in [3.8, 4) is 0 Å². The van der Waals surface area contributed by atoms with Crippen LogP contribution < -0.4 is 0 Å². The average molecular weight is 453 g/mol. The van der Waals surface area contributed by atoms with Crippen LogP contribution in [0.3, 0.4) is 0 Å². The van der Waals surface area contributed by atoms with Crippen molar-refractivity contribution in [1.82, 2.24) is 9.88 Å². The molecular formula is C26H32N2OS2. The molecule has 0 saturated heterocycles. The summed E-state index contributed by atoms with van der Waals surface area (Å²) in [4.78, 5) is 7.30. The Hall–Kier alpha value is -1.40. The normalized spacial score (nSPS) is 28.4. The van der Waals surface area contributed by atoms with Gasteiger partial charge in [-0.15, -0.1) is 23.5 Å². The minimum Gasteiger partial charge on any atom is -0.385 e. The second-order valence-corrected chi connectivity index (χ2v) is 11.8. The molecule has 1 aliphatic carbocycles. The lowest BCUT2D eigenvalue weighted by Crippen LogP contribution is -2.49. The van der Waals surface area contributed by atoms with Crippen molar-refractivity contribution in [3.05, 3.63) is 65.4 Å². The number of para-hydroxylation sites is 1. The van der Waals surface area contributed by atoms with E-state index < -0.39 is 5.60 Å². The Morgan fingerprint density at radius 3 is 2.65 bits per heavy atom. The molecule has 2 heterocycles. The van der Waals surface area contributed by atoms with E-state index in [0.717, 1.165) is 43.5 Å². The van der Waals surface area contributed by atoms with E-state index in [9.17, 15) is 5.11 Å². The second kappa shape index (κ2) is 8.18. The van der Waals surface area contributed by atoms with E-state index in [4.69, 9.17) is 0 Å². The minimum atomic E-state index is -0.781. The van der Waals surface area contributed by atoms with Gasteiger partial charge in [-0.25, -0.2) is 0 Å². The quantitative estimate of drug-likeness (QED) is 0.504. The number of aromatic nitrogens is 1. The van der Waals surface area contributed by atoms with Gasteiger partial charge in [-0.3, -0.25) is 0 Å². The van der Waals surface area contributed by atoms with Gasteiger partial charge in [0, 0.05) is 34.0 Å². The Labute approximate surface area is 194 Å². The van der Waals surface area contributed by atoms with Gasteiger partial charge in [0.25, 0.3) is 0 Å². The monoisotopic (exact) mass is 452 g/mol. The molecule has 2 aliphatic rings. The highest BCUT2D eigenvalue weighted by molar-refractivity contribution is 8.00. The van der Waals surface area contributed by atoms with Gasteiger partial charge in [0.05, 0.1) is 10.3 Å². The van der Waals surface area contributed by atoms with Crippen molar-refractivity contribution in [2.75, 3.05) is 32.6 Å². The van der Waals surface area contributed by atoms with E-state index in [0.29, 0.717) is 0 Å². The van der Waals surface area contributed by atoms with Crippen LogP contribution in [0.5, 0.6) is 0 Å². The van der Waals surface area contributed by atoms with Crippen molar-refractivity contribution in [1.29, 1.82) is 0 Å². The predicted molar refractivity (Wildman–Crippen MR) is 134 cm³/mol. The lowest BCUT2D eigenvalue weighted by Gasteiger charge is -2.51. The standard InChI is InChI=1S/C26H32N2OS2/c1-28(2)17-19-16-25(13-14-26(19,29)18-8-10-20(30-3)11-9-18)24-22(12-15-31-25)21-6-4-5-7-23(21)27-24/h4-11,19,27,29H,12-17H2,1-3H3. The van der Waals surface area contributed by atoms with Crippen LogP contribution in [-0.4, -0.2) is 47.6 Å². The lowest BCUT2D eigenvalue weighted by atomic mass is 9.66. The highest BCUT2D eigenvalue weighted by atomic mass is 32.2. The summed E-state index contributed by atoms with van der Waals surface area (Å²) in [6.45, 7) is 0.888. The second-order valence-electron chi connectivity index (χ2n) is 9.43. The molecule has 1 spiro atoms. The highest BCUT2D eigenvalue weighted by Gasteiger charge is 2.52. The zero-order valence-electron chi connectivity index (χ0n) is 18.6. The molecule has 3 atom stereocenters. The Balaban J connectivity index is 1.55. The van der Waals surface area contributed by atoms with Gasteiger partial charge in [-0.2, -0.15) is 0 Å². The summed E-state index contributed by atoms with van der Waals surface area (Å²) in [5, 5.41) is 13.4. The third kappa shape index (κ3) is 3.64. The molecule has 5 rings (SSSR count). The number of hydrogen-bond donors (Lipinski definition) is 2. The van der Waals surface area contributed by atoms with Gasteiger partial charge in [0.1, 0.15) is 0 Å². The first-order chi connectivity index (χ1) is 14.9. The molecular weight excluding hydrogens is 420 g/mol. The number of H-pyrrole nitrogens is 1. The van der Waals surface area contributed by atoms with Gasteiger partial charge in [0.15, 0.2) is 0 Å². The molecule has 1 aliphatic heterocycles. The summed E-state index contributed by atoms with van der Waals surface area (Å²) in [7, 11) is 4.25. The zero-order chi connectivity index (χ0) is 21.6. The Morgan fingerprint density at radius 1 is 1.13 bits per heavy atom. The predicted octanol–water partition coefficient (Wildman–Crippen LogP) is 5.62. The van der Waals surface area contributed by atoms with Crippen molar-refractivity contribution in [2.45, 2.75) is 40.9 Å². The number of aromatic amines is 1. The summed E-state index contributed by atoms with van der Waals surface area (Å²) < 4.78 is 0.0682. The molecule has 3 nitrogen and oxygen atoms in total. The molecule has 3 unspecified atom stereocenters. The number of fused-ring (bicyclic) bond motifs is 4. The fourth-order valence-electron chi connectivity index (χ4n) is 5.81. The molecule has 3 aromatic rings. The van der Waals surface area contributed by atoms with Crippen LogP contribution in [0, 0.1) is 5.92 Å². The number of rotatable bonds is 4. The molecule has 5 heteroatoms. The summed E-state index contributed by atoms with van der Waals surface area (Å²) in [5.74, 6) is 1.34. The topological polar surface area (TPSA) is 39.3 Å². The number of benzene rings is 2. The van der Waals surface area contributed by atoms with E-state index in [-0.39, 0.29) is 10.7 Å². The van der Waals surface area contributed by atoms with E-state index in [1.807, 2.05) is 0 Å². The van der Waals surface area contributed by atoms with Gasteiger partial charge >= 0.3 is 0 Å². The number of hydrogen-bond acceptors (Lipinski definition) is 4. The van der Waals surface area contributed by atoms with Crippen molar-refractivity contribution >= 4 is 34.4 Å². The summed E-state index contributed by atoms with van der Waals surface area (Å²) in [6.07, 6.45) is 6.02. The van der Waals surface area contributed by atoms with Gasteiger partial charge < -0.3 is 15.0 Å². The first-order valence-electron chi connectivity index (χ1n) is 11.2. The maximum atomic E-state index is 12.1. The van der Waals surface area contributed by atoms with Crippen molar-refractivity contribution in [3.63, 3.8) is 0 Å². The van der Waals surface area contributed by atoms with Gasteiger partial charge in [0.2, 0.25) is 0 Å². The molecule has 1 aromatic heterocycles. The maximum absolute atomic E-state index is 12.1. The van der Waals surface area contributed by atoms with Crippen LogP contribution in [0.4, 0.5) is 0 Å². The molecule has 31 heavy (non-hydrogen) atoms. The number of nitrogens with one attached hydrogen (secondary N) is 1. The molecule has 0 amide bonds. The zero-order valence-corrected chi connectivity index (χ0v) is 20.3.